The number of carbonyl (C=O) groups excluding carboxylic acids is 2. The third kappa shape index (κ3) is 5.21. The maximum atomic E-state index is 12.7. The number of hydrogen-bond donors (Lipinski definition) is 3. The maximum Gasteiger partial charge on any atom is 0.270 e. The zero-order chi connectivity index (χ0) is 22.5. The van der Waals surface area contributed by atoms with Crippen molar-refractivity contribution in [3.8, 4) is 0 Å². The number of nitro groups is 1. The van der Waals surface area contributed by atoms with E-state index in [1.165, 1.54) is 12.1 Å². The first-order chi connectivity index (χ1) is 14.8. The summed E-state index contributed by atoms with van der Waals surface area (Å²) in [6.07, 6.45) is 2.57. The molecule has 1 atom stereocenters. The van der Waals surface area contributed by atoms with Gasteiger partial charge >= 0.3 is 0 Å². The van der Waals surface area contributed by atoms with E-state index in [0.29, 0.717) is 13.0 Å². The van der Waals surface area contributed by atoms with Crippen molar-refractivity contribution < 1.29 is 14.5 Å². The average molecular weight is 443 g/mol. The quantitative estimate of drug-likeness (QED) is 0.363. The standard InChI is InChI=1S/C22H23ClN4O4/c1-13(2)20(26-21(28)17-8-7-15(27(30)31)11-18(17)23)22(29)24-10-9-14-12-25-19-6-4-3-5-16(14)19/h3-8,11-13,20,25H,9-10H2,1-2H3,(H,24,29)(H,26,28). The van der Waals surface area contributed by atoms with E-state index in [-0.39, 0.29) is 28.1 Å². The third-order valence-electron chi connectivity index (χ3n) is 5.01. The molecule has 3 aromatic rings. The fourth-order valence-corrected chi connectivity index (χ4v) is 3.59. The summed E-state index contributed by atoms with van der Waals surface area (Å²) < 4.78 is 0. The van der Waals surface area contributed by atoms with Gasteiger partial charge in [-0.2, -0.15) is 0 Å². The number of halogens is 1. The SMILES string of the molecule is CC(C)C(NC(=O)c1ccc([N+](=O)[O-])cc1Cl)C(=O)NCCc1c[nH]c2ccccc12. The van der Waals surface area contributed by atoms with E-state index in [2.05, 4.69) is 15.6 Å². The number of hydrogen-bond acceptors (Lipinski definition) is 4. The van der Waals surface area contributed by atoms with Gasteiger partial charge in [0.15, 0.2) is 0 Å². The number of nitro benzene ring substituents is 1. The van der Waals surface area contributed by atoms with Crippen LogP contribution in [0.3, 0.4) is 0 Å². The highest BCUT2D eigenvalue weighted by Crippen LogP contribution is 2.23. The van der Waals surface area contributed by atoms with Crippen LogP contribution >= 0.6 is 11.6 Å². The van der Waals surface area contributed by atoms with Crippen molar-refractivity contribution in [3.63, 3.8) is 0 Å². The van der Waals surface area contributed by atoms with Crippen LogP contribution in [0.1, 0.15) is 29.8 Å². The van der Waals surface area contributed by atoms with Crippen LogP contribution in [0.15, 0.2) is 48.7 Å². The second-order valence-corrected chi connectivity index (χ2v) is 7.92. The lowest BCUT2D eigenvalue weighted by Gasteiger charge is -2.22. The van der Waals surface area contributed by atoms with Crippen molar-refractivity contribution in [1.82, 2.24) is 15.6 Å². The molecular formula is C22H23ClN4O4. The molecule has 2 aromatic carbocycles. The predicted octanol–water partition coefficient (Wildman–Crippen LogP) is 3.84. The van der Waals surface area contributed by atoms with Gasteiger partial charge in [-0.05, 0) is 30.0 Å². The van der Waals surface area contributed by atoms with Gasteiger partial charge in [0.25, 0.3) is 11.6 Å². The number of fused-ring (bicyclic) bond motifs is 1. The van der Waals surface area contributed by atoms with Crippen molar-refractivity contribution in [3.05, 3.63) is 74.9 Å². The summed E-state index contributed by atoms with van der Waals surface area (Å²) in [7, 11) is 0. The Kier molecular flexibility index (Phi) is 6.91. The zero-order valence-electron chi connectivity index (χ0n) is 17.1. The number of nitrogens with one attached hydrogen (secondary N) is 3. The topological polar surface area (TPSA) is 117 Å². The van der Waals surface area contributed by atoms with E-state index < -0.39 is 16.9 Å². The van der Waals surface area contributed by atoms with Gasteiger partial charge in [0, 0.05) is 35.8 Å². The molecule has 0 saturated carbocycles. The lowest BCUT2D eigenvalue weighted by molar-refractivity contribution is -0.384. The molecule has 0 aliphatic rings. The Morgan fingerprint density at radius 1 is 1.19 bits per heavy atom. The van der Waals surface area contributed by atoms with Gasteiger partial charge in [-0.1, -0.05) is 43.6 Å². The summed E-state index contributed by atoms with van der Waals surface area (Å²) >= 11 is 6.03. The molecule has 2 amide bonds. The molecule has 1 unspecified atom stereocenters. The highest BCUT2D eigenvalue weighted by Gasteiger charge is 2.26. The number of carbonyl (C=O) groups is 2. The molecule has 1 heterocycles. The number of aromatic amines is 1. The number of benzene rings is 2. The van der Waals surface area contributed by atoms with Gasteiger partial charge < -0.3 is 15.6 Å². The summed E-state index contributed by atoms with van der Waals surface area (Å²) in [5.41, 5.74) is 2.00. The fraction of sp³-hybridized carbons (Fsp3) is 0.273. The summed E-state index contributed by atoms with van der Waals surface area (Å²) in [6, 6.07) is 10.8. The minimum atomic E-state index is -0.776. The molecule has 31 heavy (non-hydrogen) atoms. The Balaban J connectivity index is 1.62. The number of aromatic nitrogens is 1. The predicted molar refractivity (Wildman–Crippen MR) is 119 cm³/mol. The Hall–Kier alpha value is -3.39. The van der Waals surface area contributed by atoms with E-state index in [1.807, 2.05) is 44.3 Å². The van der Waals surface area contributed by atoms with Gasteiger partial charge in [0.05, 0.1) is 15.5 Å². The first-order valence-electron chi connectivity index (χ1n) is 9.85. The smallest absolute Gasteiger partial charge is 0.270 e. The van der Waals surface area contributed by atoms with Crippen LogP contribution in [-0.4, -0.2) is 34.3 Å². The molecular weight excluding hydrogens is 420 g/mol. The molecule has 0 saturated heterocycles. The number of rotatable bonds is 8. The largest absolute Gasteiger partial charge is 0.361 e. The minimum absolute atomic E-state index is 0.0473. The van der Waals surface area contributed by atoms with E-state index in [4.69, 9.17) is 11.6 Å². The molecule has 0 fully saturated rings. The first kappa shape index (κ1) is 22.3. The van der Waals surface area contributed by atoms with Crippen molar-refractivity contribution in [2.24, 2.45) is 5.92 Å². The van der Waals surface area contributed by atoms with E-state index in [1.54, 1.807) is 0 Å². The van der Waals surface area contributed by atoms with Crippen molar-refractivity contribution >= 4 is 40.0 Å². The molecule has 3 N–H and O–H groups in total. The van der Waals surface area contributed by atoms with Gasteiger partial charge in [0.1, 0.15) is 6.04 Å². The fourth-order valence-electron chi connectivity index (χ4n) is 3.32. The second kappa shape index (κ2) is 9.61. The highest BCUT2D eigenvalue weighted by molar-refractivity contribution is 6.34. The number of para-hydroxylation sites is 1. The number of non-ortho nitro benzene ring substituents is 1. The van der Waals surface area contributed by atoms with Crippen LogP contribution < -0.4 is 10.6 Å². The van der Waals surface area contributed by atoms with Crippen LogP contribution in [0.25, 0.3) is 10.9 Å². The number of amides is 2. The number of nitrogens with zero attached hydrogens (tertiary/aromatic N) is 1. The van der Waals surface area contributed by atoms with Gasteiger partial charge in [0.2, 0.25) is 5.91 Å². The summed E-state index contributed by atoms with van der Waals surface area (Å²) in [5, 5.41) is 17.5. The van der Waals surface area contributed by atoms with E-state index in [9.17, 15) is 19.7 Å². The van der Waals surface area contributed by atoms with Crippen LogP contribution in [0.4, 0.5) is 5.69 Å². The van der Waals surface area contributed by atoms with Crippen molar-refractivity contribution in [1.29, 1.82) is 0 Å². The lowest BCUT2D eigenvalue weighted by atomic mass is 10.0. The Bertz CT molecular complexity index is 1130. The van der Waals surface area contributed by atoms with Crippen molar-refractivity contribution in [2.45, 2.75) is 26.3 Å². The summed E-state index contributed by atoms with van der Waals surface area (Å²) in [5.74, 6) is -1.04. The molecule has 0 aliphatic carbocycles. The molecule has 9 heteroatoms. The summed E-state index contributed by atoms with van der Waals surface area (Å²) in [6.45, 7) is 4.06. The third-order valence-corrected chi connectivity index (χ3v) is 5.33. The van der Waals surface area contributed by atoms with Gasteiger partial charge in [-0.15, -0.1) is 0 Å². The average Bonchev–Trinajstić information content (AvgIpc) is 3.14. The molecule has 3 rings (SSSR count). The molecule has 0 bridgehead atoms. The monoisotopic (exact) mass is 442 g/mol. The minimum Gasteiger partial charge on any atom is -0.361 e. The lowest BCUT2D eigenvalue weighted by Crippen LogP contribution is -2.50. The zero-order valence-corrected chi connectivity index (χ0v) is 17.9. The Morgan fingerprint density at radius 3 is 2.61 bits per heavy atom. The summed E-state index contributed by atoms with van der Waals surface area (Å²) in [4.78, 5) is 38.8. The highest BCUT2D eigenvalue weighted by atomic mass is 35.5. The molecule has 1 aromatic heterocycles. The van der Waals surface area contributed by atoms with Crippen LogP contribution in [0.2, 0.25) is 5.02 Å². The Morgan fingerprint density at radius 2 is 1.94 bits per heavy atom. The Labute approximate surface area is 184 Å². The molecule has 162 valence electrons. The normalized spacial score (nSPS) is 12.0. The van der Waals surface area contributed by atoms with Crippen LogP contribution in [-0.2, 0) is 11.2 Å². The van der Waals surface area contributed by atoms with Crippen molar-refractivity contribution in [2.75, 3.05) is 6.54 Å². The van der Waals surface area contributed by atoms with Gasteiger partial charge in [-0.3, -0.25) is 19.7 Å². The molecule has 8 nitrogen and oxygen atoms in total. The molecule has 0 aliphatic heterocycles. The number of H-pyrrole nitrogens is 1. The maximum absolute atomic E-state index is 12.7. The van der Waals surface area contributed by atoms with E-state index in [0.717, 1.165) is 22.5 Å². The van der Waals surface area contributed by atoms with E-state index >= 15 is 0 Å². The van der Waals surface area contributed by atoms with Crippen LogP contribution in [0.5, 0.6) is 0 Å². The molecule has 0 radical (unpaired) electrons. The molecule has 0 spiro atoms. The second-order valence-electron chi connectivity index (χ2n) is 7.52. The first-order valence-corrected chi connectivity index (χ1v) is 10.2. The van der Waals surface area contributed by atoms with Gasteiger partial charge in [-0.25, -0.2) is 0 Å². The van der Waals surface area contributed by atoms with Crippen LogP contribution in [0, 0.1) is 16.0 Å².